The molecule has 2 heterocycles. The van der Waals surface area contributed by atoms with Gasteiger partial charge in [-0.05, 0) is 89.1 Å². The van der Waals surface area contributed by atoms with E-state index in [9.17, 15) is 0 Å². The lowest BCUT2D eigenvalue weighted by Crippen LogP contribution is -2.38. The maximum Gasteiger partial charge on any atom is -0.00160 e. The van der Waals surface area contributed by atoms with E-state index in [1.54, 1.807) is 0 Å². The topological polar surface area (TPSA) is 6.48 Å². The van der Waals surface area contributed by atoms with E-state index in [0.29, 0.717) is 0 Å². The molecule has 0 amide bonds. The predicted molar refractivity (Wildman–Crippen MR) is 83.5 cm³/mol. The fourth-order valence-corrected chi connectivity index (χ4v) is 3.80. The van der Waals surface area contributed by atoms with Gasteiger partial charge in [0.1, 0.15) is 0 Å². The van der Waals surface area contributed by atoms with Gasteiger partial charge in [-0.3, -0.25) is 0 Å². The van der Waals surface area contributed by atoms with Gasteiger partial charge in [-0.1, -0.05) is 20.8 Å². The molecule has 2 rings (SSSR count). The second kappa shape index (κ2) is 7.64. The molecule has 0 aromatic rings. The average molecular weight is 266 g/mol. The predicted octanol–water partition coefficient (Wildman–Crippen LogP) is 3.48. The van der Waals surface area contributed by atoms with E-state index >= 15 is 0 Å². The van der Waals surface area contributed by atoms with Crippen LogP contribution in [-0.2, 0) is 0 Å². The van der Waals surface area contributed by atoms with Gasteiger partial charge in [-0.2, -0.15) is 0 Å². The number of likely N-dealkylation sites (tertiary alicyclic amines) is 2. The second-order valence-corrected chi connectivity index (χ2v) is 7.09. The summed E-state index contributed by atoms with van der Waals surface area (Å²) < 4.78 is 0. The summed E-state index contributed by atoms with van der Waals surface area (Å²) in [6.07, 6.45) is 7.20. The summed E-state index contributed by atoms with van der Waals surface area (Å²) >= 11 is 0. The van der Waals surface area contributed by atoms with Crippen LogP contribution in [0.25, 0.3) is 0 Å². The fraction of sp³-hybridized carbons (Fsp3) is 1.00. The van der Waals surface area contributed by atoms with Crippen LogP contribution in [0, 0.1) is 17.8 Å². The van der Waals surface area contributed by atoms with Crippen LogP contribution in [0.15, 0.2) is 0 Å². The Morgan fingerprint density at radius 2 is 1.47 bits per heavy atom. The second-order valence-electron chi connectivity index (χ2n) is 7.09. The van der Waals surface area contributed by atoms with Gasteiger partial charge < -0.3 is 9.80 Å². The summed E-state index contributed by atoms with van der Waals surface area (Å²) in [4.78, 5) is 5.33. The largest absolute Gasteiger partial charge is 0.304 e. The molecule has 0 bridgehead atoms. The molecule has 2 aliphatic rings. The first-order valence-corrected chi connectivity index (χ1v) is 8.63. The van der Waals surface area contributed by atoms with Crippen molar-refractivity contribution in [1.82, 2.24) is 9.80 Å². The van der Waals surface area contributed by atoms with Crippen molar-refractivity contribution in [1.29, 1.82) is 0 Å². The molecule has 0 N–H and O–H groups in total. The Hall–Kier alpha value is -0.0800. The van der Waals surface area contributed by atoms with Crippen LogP contribution in [0.4, 0.5) is 0 Å². The van der Waals surface area contributed by atoms with Gasteiger partial charge in [0, 0.05) is 0 Å². The Balaban J connectivity index is 1.59. The molecular weight excluding hydrogens is 232 g/mol. The third-order valence-electron chi connectivity index (χ3n) is 5.58. The van der Waals surface area contributed by atoms with Gasteiger partial charge in [-0.25, -0.2) is 0 Å². The molecule has 0 unspecified atom stereocenters. The maximum atomic E-state index is 2.73. The minimum Gasteiger partial charge on any atom is -0.304 e. The quantitative estimate of drug-likeness (QED) is 0.752. The molecule has 112 valence electrons. The first-order chi connectivity index (χ1) is 9.19. The van der Waals surface area contributed by atoms with E-state index in [-0.39, 0.29) is 0 Å². The number of hydrogen-bond acceptors (Lipinski definition) is 2. The van der Waals surface area contributed by atoms with E-state index in [1.807, 2.05) is 0 Å². The summed E-state index contributed by atoms with van der Waals surface area (Å²) in [5.41, 5.74) is 0. The zero-order chi connectivity index (χ0) is 13.7. The van der Waals surface area contributed by atoms with Crippen molar-refractivity contribution < 1.29 is 0 Å². The lowest BCUT2D eigenvalue weighted by Gasteiger charge is -2.36. The lowest BCUT2D eigenvalue weighted by atomic mass is 9.86. The van der Waals surface area contributed by atoms with E-state index in [4.69, 9.17) is 0 Å². The van der Waals surface area contributed by atoms with Gasteiger partial charge in [0.25, 0.3) is 0 Å². The Kier molecular flexibility index (Phi) is 6.15. The van der Waals surface area contributed by atoms with E-state index in [0.717, 1.165) is 17.8 Å². The van der Waals surface area contributed by atoms with Gasteiger partial charge >= 0.3 is 0 Å². The van der Waals surface area contributed by atoms with Crippen molar-refractivity contribution in [3.05, 3.63) is 0 Å². The number of nitrogens with zero attached hydrogens (tertiary/aromatic N) is 2. The average Bonchev–Trinajstić information content (AvgIpc) is 2.46. The van der Waals surface area contributed by atoms with Gasteiger partial charge in [-0.15, -0.1) is 0 Å². The number of rotatable bonds is 5. The van der Waals surface area contributed by atoms with Gasteiger partial charge in [0.15, 0.2) is 0 Å². The van der Waals surface area contributed by atoms with Crippen molar-refractivity contribution >= 4 is 0 Å². The van der Waals surface area contributed by atoms with Crippen LogP contribution in [0.1, 0.15) is 52.9 Å². The Morgan fingerprint density at radius 3 is 2.00 bits per heavy atom. The highest BCUT2D eigenvalue weighted by Gasteiger charge is 2.23. The minimum atomic E-state index is 0.889. The minimum absolute atomic E-state index is 0.889. The van der Waals surface area contributed by atoms with E-state index in [1.165, 1.54) is 71.4 Å². The van der Waals surface area contributed by atoms with Crippen LogP contribution in [-0.4, -0.2) is 49.1 Å². The molecule has 0 atom stereocenters. The van der Waals surface area contributed by atoms with Crippen molar-refractivity contribution in [2.45, 2.75) is 52.9 Å². The summed E-state index contributed by atoms with van der Waals surface area (Å²) in [6, 6.07) is 0. The SMILES string of the molecule is CCN1CCC(CCN2CCC(C(C)C)CC2)CC1. The smallest absolute Gasteiger partial charge is 0.00160 e. The number of piperidine rings is 2. The highest BCUT2D eigenvalue weighted by atomic mass is 15.1. The molecule has 0 aliphatic carbocycles. The van der Waals surface area contributed by atoms with Crippen LogP contribution in [0.5, 0.6) is 0 Å². The standard InChI is InChI=1S/C17H34N2/c1-4-18-10-5-16(6-11-18)7-12-19-13-8-17(9-14-19)15(2)3/h15-17H,4-14H2,1-3H3. The van der Waals surface area contributed by atoms with Crippen molar-refractivity contribution in [3.8, 4) is 0 Å². The molecule has 0 spiro atoms. The molecule has 2 saturated heterocycles. The summed E-state index contributed by atoms with van der Waals surface area (Å²) in [5, 5.41) is 0. The van der Waals surface area contributed by atoms with Crippen LogP contribution < -0.4 is 0 Å². The van der Waals surface area contributed by atoms with Crippen molar-refractivity contribution in [3.63, 3.8) is 0 Å². The van der Waals surface area contributed by atoms with Crippen LogP contribution >= 0.6 is 0 Å². The van der Waals surface area contributed by atoms with Crippen molar-refractivity contribution in [2.24, 2.45) is 17.8 Å². The molecule has 2 aliphatic heterocycles. The molecule has 0 saturated carbocycles. The first kappa shape index (κ1) is 15.3. The van der Waals surface area contributed by atoms with E-state index in [2.05, 4.69) is 30.6 Å². The van der Waals surface area contributed by atoms with Crippen LogP contribution in [0.2, 0.25) is 0 Å². The molecular formula is C17H34N2. The Morgan fingerprint density at radius 1 is 0.895 bits per heavy atom. The molecule has 0 radical (unpaired) electrons. The first-order valence-electron chi connectivity index (χ1n) is 8.63. The molecule has 0 aromatic carbocycles. The molecule has 2 nitrogen and oxygen atoms in total. The zero-order valence-electron chi connectivity index (χ0n) is 13.4. The summed E-state index contributed by atoms with van der Waals surface area (Å²) in [6.45, 7) is 15.1. The fourth-order valence-electron chi connectivity index (χ4n) is 3.80. The van der Waals surface area contributed by atoms with E-state index < -0.39 is 0 Å². The lowest BCUT2D eigenvalue weighted by molar-refractivity contribution is 0.133. The van der Waals surface area contributed by atoms with Crippen LogP contribution in [0.3, 0.4) is 0 Å². The van der Waals surface area contributed by atoms with Gasteiger partial charge in [0.2, 0.25) is 0 Å². The molecule has 2 heteroatoms. The monoisotopic (exact) mass is 266 g/mol. The van der Waals surface area contributed by atoms with Crippen molar-refractivity contribution in [2.75, 3.05) is 39.3 Å². The molecule has 19 heavy (non-hydrogen) atoms. The third kappa shape index (κ3) is 4.75. The highest BCUT2D eigenvalue weighted by Crippen LogP contribution is 2.26. The highest BCUT2D eigenvalue weighted by molar-refractivity contribution is 4.77. The van der Waals surface area contributed by atoms with Gasteiger partial charge in [0.05, 0.1) is 0 Å². The summed E-state index contributed by atoms with van der Waals surface area (Å²) in [5.74, 6) is 2.88. The summed E-state index contributed by atoms with van der Waals surface area (Å²) in [7, 11) is 0. The molecule has 2 fully saturated rings. The normalized spacial score (nSPS) is 25.3. The third-order valence-corrected chi connectivity index (χ3v) is 5.58. The maximum absolute atomic E-state index is 2.73. The Bertz CT molecular complexity index is 236. The Labute approximate surface area is 120 Å². The zero-order valence-corrected chi connectivity index (χ0v) is 13.4. The number of hydrogen-bond donors (Lipinski definition) is 0. The molecule has 0 aromatic heterocycles.